The molecular formula is C15H21ClN4O5S. The van der Waals surface area contributed by atoms with Crippen molar-refractivity contribution < 1.29 is 19.5 Å². The molecule has 0 amide bonds. The second-order valence-corrected chi connectivity index (χ2v) is 8.14. The summed E-state index contributed by atoms with van der Waals surface area (Å²) in [5.41, 5.74) is -1.77. The fraction of sp³-hybridized carbons (Fsp3) is 0.733. The SMILES string of the molecule is CCCSc1nc(Cl)c([N+](=O)[O-])c(NC23OC(C)(C)OC2CCC3O)n1. The lowest BCUT2D eigenvalue weighted by Gasteiger charge is -2.32. The van der Waals surface area contributed by atoms with Gasteiger partial charge in [-0.25, -0.2) is 4.98 Å². The Morgan fingerprint density at radius 2 is 2.19 bits per heavy atom. The Morgan fingerprint density at radius 3 is 2.85 bits per heavy atom. The van der Waals surface area contributed by atoms with Crippen molar-refractivity contribution in [3.05, 3.63) is 15.3 Å². The first-order valence-electron chi connectivity index (χ1n) is 8.37. The van der Waals surface area contributed by atoms with Crippen LogP contribution in [0.3, 0.4) is 0 Å². The van der Waals surface area contributed by atoms with Crippen molar-refractivity contribution in [1.29, 1.82) is 0 Å². The standard InChI is InChI=1S/C15H21ClN4O5S/c1-4-7-26-13-17-11(16)10(20(22)23)12(18-13)19-15-8(21)5-6-9(15)24-14(2,3)25-15/h8-9,21H,4-7H2,1-3H3,(H,17,18,19). The average Bonchev–Trinajstić information content (AvgIpc) is 2.95. The summed E-state index contributed by atoms with van der Waals surface area (Å²) in [5, 5.41) is 25.0. The highest BCUT2D eigenvalue weighted by Gasteiger charge is 2.61. The molecule has 0 spiro atoms. The van der Waals surface area contributed by atoms with Crippen molar-refractivity contribution in [3.8, 4) is 0 Å². The monoisotopic (exact) mass is 404 g/mol. The van der Waals surface area contributed by atoms with E-state index in [1.54, 1.807) is 13.8 Å². The molecule has 1 aromatic heterocycles. The lowest BCUT2D eigenvalue weighted by molar-refractivity contribution is -0.384. The van der Waals surface area contributed by atoms with Gasteiger partial charge in [-0.3, -0.25) is 10.1 Å². The summed E-state index contributed by atoms with van der Waals surface area (Å²) in [6.07, 6.45) is 0.516. The number of thioether (sulfide) groups is 1. The first kappa shape index (κ1) is 19.6. The average molecular weight is 405 g/mol. The van der Waals surface area contributed by atoms with Crippen molar-refractivity contribution in [2.75, 3.05) is 11.1 Å². The fourth-order valence-electron chi connectivity index (χ4n) is 3.30. The number of aliphatic hydroxyl groups excluding tert-OH is 1. The van der Waals surface area contributed by atoms with Crippen LogP contribution in [0.2, 0.25) is 5.15 Å². The van der Waals surface area contributed by atoms with Crippen molar-refractivity contribution >= 4 is 34.9 Å². The number of aliphatic hydroxyl groups is 1. The molecule has 3 atom stereocenters. The van der Waals surface area contributed by atoms with Gasteiger partial charge in [0.15, 0.2) is 16.7 Å². The van der Waals surface area contributed by atoms with Gasteiger partial charge < -0.3 is 19.9 Å². The number of anilines is 1. The van der Waals surface area contributed by atoms with Crippen LogP contribution in [-0.4, -0.2) is 49.5 Å². The number of hydrogen-bond donors (Lipinski definition) is 2. The molecule has 2 fully saturated rings. The Morgan fingerprint density at radius 1 is 1.46 bits per heavy atom. The van der Waals surface area contributed by atoms with Crippen LogP contribution in [0.5, 0.6) is 0 Å². The van der Waals surface area contributed by atoms with E-state index >= 15 is 0 Å². The quantitative estimate of drug-likeness (QED) is 0.242. The fourth-order valence-corrected chi connectivity index (χ4v) is 4.28. The summed E-state index contributed by atoms with van der Waals surface area (Å²) in [5.74, 6) is -0.276. The molecule has 3 rings (SSSR count). The van der Waals surface area contributed by atoms with Gasteiger partial charge in [-0.2, -0.15) is 4.98 Å². The number of aromatic nitrogens is 2. The van der Waals surface area contributed by atoms with E-state index in [0.29, 0.717) is 18.0 Å². The van der Waals surface area contributed by atoms with Crippen molar-refractivity contribution in [1.82, 2.24) is 9.97 Å². The minimum absolute atomic E-state index is 0.0825. The third-order valence-corrected chi connectivity index (χ3v) is 5.59. The van der Waals surface area contributed by atoms with Gasteiger partial charge in [-0.15, -0.1) is 0 Å². The molecule has 144 valence electrons. The van der Waals surface area contributed by atoms with E-state index in [2.05, 4.69) is 15.3 Å². The molecule has 2 aliphatic rings. The Labute approximate surface area is 160 Å². The molecule has 1 aliphatic carbocycles. The van der Waals surface area contributed by atoms with Crippen molar-refractivity contribution in [3.63, 3.8) is 0 Å². The van der Waals surface area contributed by atoms with Gasteiger partial charge in [-0.05, 0) is 33.1 Å². The second kappa shape index (κ2) is 7.08. The van der Waals surface area contributed by atoms with E-state index in [1.165, 1.54) is 11.8 Å². The molecule has 1 aromatic rings. The maximum atomic E-state index is 11.5. The van der Waals surface area contributed by atoms with Crippen LogP contribution in [0, 0.1) is 10.1 Å². The minimum Gasteiger partial charge on any atom is -0.388 e. The zero-order chi connectivity index (χ0) is 19.1. The van der Waals surface area contributed by atoms with Gasteiger partial charge in [0.25, 0.3) is 0 Å². The maximum absolute atomic E-state index is 11.5. The summed E-state index contributed by atoms with van der Waals surface area (Å²) in [7, 11) is 0. The molecule has 0 radical (unpaired) electrons. The summed E-state index contributed by atoms with van der Waals surface area (Å²) in [4.78, 5) is 19.1. The first-order chi connectivity index (χ1) is 12.2. The summed E-state index contributed by atoms with van der Waals surface area (Å²) in [6, 6.07) is 0. The third-order valence-electron chi connectivity index (χ3n) is 4.27. The van der Waals surface area contributed by atoms with E-state index < -0.39 is 34.3 Å². The van der Waals surface area contributed by atoms with E-state index in [-0.39, 0.29) is 11.0 Å². The molecule has 3 unspecified atom stereocenters. The molecule has 9 nitrogen and oxygen atoms in total. The molecule has 1 saturated carbocycles. The number of rotatable bonds is 6. The second-order valence-electron chi connectivity index (χ2n) is 6.72. The van der Waals surface area contributed by atoms with Crippen LogP contribution < -0.4 is 5.32 Å². The lowest BCUT2D eigenvalue weighted by atomic mass is 10.1. The topological polar surface area (TPSA) is 120 Å². The zero-order valence-corrected chi connectivity index (χ0v) is 16.3. The van der Waals surface area contributed by atoms with Crippen molar-refractivity contribution in [2.45, 2.75) is 68.9 Å². The number of hydrogen-bond acceptors (Lipinski definition) is 9. The number of ether oxygens (including phenoxy) is 2. The van der Waals surface area contributed by atoms with E-state index in [4.69, 9.17) is 21.1 Å². The normalized spacial score (nSPS) is 29.6. The molecule has 26 heavy (non-hydrogen) atoms. The number of nitrogens with one attached hydrogen (secondary N) is 1. The van der Waals surface area contributed by atoms with Crippen LogP contribution in [0.25, 0.3) is 0 Å². The number of nitro groups is 1. The number of fused-ring (bicyclic) bond motifs is 1. The molecular weight excluding hydrogens is 384 g/mol. The summed E-state index contributed by atoms with van der Waals surface area (Å²) in [6.45, 7) is 5.46. The molecule has 0 bridgehead atoms. The highest BCUT2D eigenvalue weighted by Crippen LogP contribution is 2.48. The Balaban J connectivity index is 2.02. The first-order valence-corrected chi connectivity index (χ1v) is 9.74. The lowest BCUT2D eigenvalue weighted by Crippen LogP contribution is -2.52. The Bertz CT molecular complexity index is 722. The van der Waals surface area contributed by atoms with Gasteiger partial charge in [0.05, 0.1) is 4.92 Å². The van der Waals surface area contributed by atoms with Crippen molar-refractivity contribution in [2.24, 2.45) is 0 Å². The summed E-state index contributed by atoms with van der Waals surface area (Å²) >= 11 is 7.39. The number of halogens is 1. The molecule has 1 saturated heterocycles. The van der Waals surface area contributed by atoms with Crippen LogP contribution in [0.1, 0.15) is 40.0 Å². The van der Waals surface area contributed by atoms with Gasteiger partial charge in [-0.1, -0.05) is 30.3 Å². The van der Waals surface area contributed by atoms with E-state index in [9.17, 15) is 15.2 Å². The maximum Gasteiger partial charge on any atom is 0.348 e. The van der Waals surface area contributed by atoms with Gasteiger partial charge in [0, 0.05) is 5.75 Å². The largest absolute Gasteiger partial charge is 0.388 e. The van der Waals surface area contributed by atoms with Crippen LogP contribution >= 0.6 is 23.4 Å². The van der Waals surface area contributed by atoms with Gasteiger partial charge in [0.2, 0.25) is 11.0 Å². The highest BCUT2D eigenvalue weighted by molar-refractivity contribution is 7.99. The third kappa shape index (κ3) is 3.48. The molecule has 1 aliphatic heterocycles. The van der Waals surface area contributed by atoms with Gasteiger partial charge >= 0.3 is 5.69 Å². The molecule has 2 heterocycles. The van der Waals surface area contributed by atoms with Crippen LogP contribution in [0.4, 0.5) is 11.5 Å². The molecule has 11 heteroatoms. The van der Waals surface area contributed by atoms with E-state index in [0.717, 1.165) is 12.2 Å². The molecule has 2 N–H and O–H groups in total. The zero-order valence-electron chi connectivity index (χ0n) is 14.7. The van der Waals surface area contributed by atoms with Crippen LogP contribution in [-0.2, 0) is 9.47 Å². The minimum atomic E-state index is -1.32. The predicted octanol–water partition coefficient (Wildman–Crippen LogP) is 2.95. The van der Waals surface area contributed by atoms with E-state index in [1.807, 2.05) is 6.92 Å². The predicted molar refractivity (Wildman–Crippen MR) is 96.3 cm³/mol. The van der Waals surface area contributed by atoms with Gasteiger partial charge in [0.1, 0.15) is 12.2 Å². The Kier molecular flexibility index (Phi) is 5.33. The van der Waals surface area contributed by atoms with Crippen LogP contribution in [0.15, 0.2) is 5.16 Å². The molecule has 0 aromatic carbocycles. The number of nitrogens with zero attached hydrogens (tertiary/aromatic N) is 3. The summed E-state index contributed by atoms with van der Waals surface area (Å²) < 4.78 is 11.8. The smallest absolute Gasteiger partial charge is 0.348 e. The highest BCUT2D eigenvalue weighted by atomic mass is 35.5. The Hall–Kier alpha value is -1.20.